The number of rotatable bonds is 24. The van der Waals surface area contributed by atoms with Gasteiger partial charge >= 0.3 is 19.6 Å². The number of fused-ring (bicyclic) bond motifs is 10. The number of anilines is 3. The predicted octanol–water partition coefficient (Wildman–Crippen LogP) is 8.50. The van der Waals surface area contributed by atoms with Crippen LogP contribution in [0.2, 0.25) is 0 Å². The third-order valence-electron chi connectivity index (χ3n) is 17.3. The molecule has 4 aliphatic heterocycles. The van der Waals surface area contributed by atoms with E-state index in [1.807, 2.05) is 48.5 Å². The van der Waals surface area contributed by atoms with Gasteiger partial charge in [-0.3, -0.25) is 36.8 Å². The molecule has 9 aromatic rings. The number of aliphatic hydroxyl groups is 2. The zero-order valence-electron chi connectivity index (χ0n) is 54.7. The van der Waals surface area contributed by atoms with Gasteiger partial charge in [-0.25, -0.2) is 48.5 Å². The molecule has 2 amide bonds. The number of nitrogens with two attached hydrogens (primary N) is 2. The number of hydrogen-bond donors (Lipinski definition) is 7. The number of nitrogens with one attached hydrogen (secondary N) is 1. The first kappa shape index (κ1) is 72.7. The molecule has 0 radical (unpaired) electrons. The number of para-hydroxylation sites is 1. The summed E-state index contributed by atoms with van der Waals surface area (Å²) in [4.78, 5) is 76.9. The Morgan fingerprint density at radius 1 is 0.735 bits per heavy atom. The van der Waals surface area contributed by atoms with Crippen molar-refractivity contribution in [2.24, 2.45) is 0 Å². The Labute approximate surface area is 597 Å². The molecule has 102 heavy (non-hydrogen) atoms. The van der Waals surface area contributed by atoms with Gasteiger partial charge in [0.05, 0.1) is 62.5 Å². The second-order valence-electron chi connectivity index (χ2n) is 24.4. The number of hydrogen-bond acceptors (Lipinski definition) is 28. The summed E-state index contributed by atoms with van der Waals surface area (Å²) in [7, 11) is 0. The molecule has 4 aliphatic rings. The number of aromatic nitrogens is 11. The molecule has 0 spiro atoms. The summed E-state index contributed by atoms with van der Waals surface area (Å²) in [6, 6.07) is 28.3. The molecular weight excluding hydrogens is 1440 g/mol. The van der Waals surface area contributed by atoms with Crippen molar-refractivity contribution in [2.75, 3.05) is 56.0 Å². The van der Waals surface area contributed by atoms with Crippen molar-refractivity contribution in [1.82, 2.24) is 59.3 Å². The molecule has 1 unspecified atom stereocenters. The molecule has 38 heteroatoms. The van der Waals surface area contributed by atoms with E-state index < -0.39 is 88.3 Å². The van der Waals surface area contributed by atoms with E-state index in [-0.39, 0.29) is 75.9 Å². The second kappa shape index (κ2) is 31.7. The quantitative estimate of drug-likeness (QED) is 0.00979. The van der Waals surface area contributed by atoms with Crippen molar-refractivity contribution in [2.45, 2.75) is 119 Å². The van der Waals surface area contributed by atoms with Crippen LogP contribution in [-0.4, -0.2) is 163 Å². The van der Waals surface area contributed by atoms with Gasteiger partial charge in [-0.05, 0) is 102 Å². The molecule has 3 fully saturated rings. The molecule has 8 N–H and O–H groups in total. The van der Waals surface area contributed by atoms with Gasteiger partial charge in [-0.1, -0.05) is 84.9 Å². The van der Waals surface area contributed by atoms with Crippen LogP contribution in [0.5, 0.6) is 11.5 Å². The van der Waals surface area contributed by atoms with Crippen molar-refractivity contribution < 1.29 is 80.2 Å². The molecule has 4 aromatic carbocycles. The number of unbranched alkanes of at least 4 members (excludes halogenated alkanes) is 4. The number of thiol groups is 1. The van der Waals surface area contributed by atoms with E-state index in [0.717, 1.165) is 59.4 Å². The van der Waals surface area contributed by atoms with Crippen LogP contribution in [0.3, 0.4) is 0 Å². The number of esters is 1. The number of imidazole rings is 2. The largest absolute Gasteiger partial charge is 0.492 e. The fourth-order valence-corrected chi connectivity index (χ4v) is 17.8. The summed E-state index contributed by atoms with van der Waals surface area (Å²) < 4.78 is 88.0. The Balaban J connectivity index is 0.629. The number of nitrogen functional groups attached to an aromatic ring is 2. The minimum atomic E-state index is -4.53. The molecular formula is C64H72N15O17P3S3. The first-order valence-electron chi connectivity index (χ1n) is 32.6. The molecule has 13 rings (SSSR count). The zero-order valence-corrected chi connectivity index (χ0v) is 59.9. The highest BCUT2D eigenvalue weighted by molar-refractivity contribution is 8.54. The number of nitrogens with zero attached hydrogens (tertiary/aromatic N) is 12. The highest BCUT2D eigenvalue weighted by Gasteiger charge is 2.54. The van der Waals surface area contributed by atoms with Crippen molar-refractivity contribution in [3.63, 3.8) is 0 Å². The van der Waals surface area contributed by atoms with E-state index in [4.69, 9.17) is 64.8 Å². The topological polar surface area (TPSA) is 414 Å². The number of amides is 2. The number of ether oxygens (including phenoxy) is 4. The molecule has 11 atom stereocenters. The lowest BCUT2D eigenvalue weighted by molar-refractivity contribution is -0.122. The summed E-state index contributed by atoms with van der Waals surface area (Å²) in [5, 5.41) is 36.1. The Kier molecular flexibility index (Phi) is 22.6. The van der Waals surface area contributed by atoms with E-state index in [9.17, 15) is 34.1 Å². The lowest BCUT2D eigenvalue weighted by atomic mass is 9.95. The van der Waals surface area contributed by atoms with Crippen molar-refractivity contribution in [3.8, 4) is 34.0 Å². The van der Waals surface area contributed by atoms with Crippen LogP contribution in [0, 0.1) is 0 Å². The zero-order chi connectivity index (χ0) is 71.3. The fraction of sp³-hybridized carbons (Fsp3) is 0.391. The van der Waals surface area contributed by atoms with Crippen LogP contribution in [0.25, 0.3) is 44.8 Å². The maximum atomic E-state index is 15.3. The fourth-order valence-electron chi connectivity index (χ4n) is 12.2. The maximum Gasteiger partial charge on any atom is 0.389 e. The number of carbonyl (C=O) groups excluding carboxylic acids is 3. The van der Waals surface area contributed by atoms with Crippen LogP contribution >= 0.6 is 43.7 Å². The van der Waals surface area contributed by atoms with Gasteiger partial charge in [0.1, 0.15) is 84.1 Å². The average Bonchev–Trinajstić information content (AvgIpc) is 1.54. The molecule has 32 nitrogen and oxygen atoms in total. The Morgan fingerprint density at radius 3 is 2.13 bits per heavy atom. The van der Waals surface area contributed by atoms with Crippen LogP contribution in [-0.2, 0) is 81.5 Å². The van der Waals surface area contributed by atoms with E-state index in [1.54, 1.807) is 58.1 Å². The average molecular weight is 1510 g/mol. The van der Waals surface area contributed by atoms with E-state index in [0.29, 0.717) is 68.2 Å². The van der Waals surface area contributed by atoms with Crippen LogP contribution in [0.1, 0.15) is 85.3 Å². The van der Waals surface area contributed by atoms with Crippen LogP contribution in [0.15, 0.2) is 122 Å². The van der Waals surface area contributed by atoms with E-state index >= 15 is 4.57 Å². The minimum Gasteiger partial charge on any atom is -0.492 e. The molecule has 3 saturated heterocycles. The van der Waals surface area contributed by atoms with Gasteiger partial charge in [0, 0.05) is 42.9 Å². The van der Waals surface area contributed by atoms with Crippen molar-refractivity contribution in [1.29, 1.82) is 0 Å². The van der Waals surface area contributed by atoms with Gasteiger partial charge in [-0.2, -0.15) is 0 Å². The number of benzene rings is 4. The Bertz CT molecular complexity index is 4670. The Morgan fingerprint density at radius 2 is 1.39 bits per heavy atom. The van der Waals surface area contributed by atoms with Gasteiger partial charge in [0.15, 0.2) is 41.9 Å². The summed E-state index contributed by atoms with van der Waals surface area (Å²) >= 11 is 9.89. The first-order chi connectivity index (χ1) is 49.2. The summed E-state index contributed by atoms with van der Waals surface area (Å²) in [6.07, 6.45) is -1.39. The third kappa shape index (κ3) is 16.8. The maximum absolute atomic E-state index is 15.3. The molecule has 9 heterocycles. The molecule has 538 valence electrons. The van der Waals surface area contributed by atoms with Crippen LogP contribution < -0.4 is 31.2 Å². The van der Waals surface area contributed by atoms with Crippen LogP contribution in [0.4, 0.5) is 17.3 Å². The van der Waals surface area contributed by atoms with Gasteiger partial charge in [0.25, 0.3) is 0 Å². The molecule has 0 aliphatic carbocycles. The molecule has 2 bridgehead atoms. The summed E-state index contributed by atoms with van der Waals surface area (Å²) in [6.45, 7) is -9.58. The van der Waals surface area contributed by atoms with Crippen molar-refractivity contribution in [3.05, 3.63) is 139 Å². The van der Waals surface area contributed by atoms with E-state index in [2.05, 4.69) is 57.8 Å². The third-order valence-corrected chi connectivity index (χ3v) is 23.5. The smallest absolute Gasteiger partial charge is 0.389 e. The summed E-state index contributed by atoms with van der Waals surface area (Å²) in [5.74, 6) is -0.0408. The lowest BCUT2D eigenvalue weighted by Crippen LogP contribution is -2.36. The highest BCUT2D eigenvalue weighted by atomic mass is 32.7. The van der Waals surface area contributed by atoms with Crippen molar-refractivity contribution >= 4 is 113 Å². The Hall–Kier alpha value is -7.66. The monoisotopic (exact) mass is 1510 g/mol. The summed E-state index contributed by atoms with van der Waals surface area (Å²) in [5.41, 5.74) is 18.3. The predicted molar refractivity (Wildman–Crippen MR) is 380 cm³/mol. The lowest BCUT2D eigenvalue weighted by Gasteiger charge is -2.28. The molecule has 0 saturated carbocycles. The standard InChI is InChI=1S/C64H72N15O17P3S3/c1-97(85,100)89-28-11-3-2-10-26-67-48(80)16-8-9-17-49(81)76-30-40-12-4-5-13-43(40)53-50(44-14-6-7-15-45(44)76)74-75-79(53)27-29-88-41-24-20-39(21-25-41)64(84)92-42-22-18-38(19-23-42)33-102-99(87)91-31-46-54(82)57(63(93-46)78-37-73-52-59(66)69-35-71-61(52)78)95-98(86,101)90-32-47-56(96-99)55(83)62(94-47)77-36-72-51-58(65)68-34-70-60(51)77/h4-7,12-15,18-25,34-37,46-47,54-57,62-63,82-83H,2-3,8-11,16-17,26-33H2,1H3,(H,67,80)(H,85,100)(H,86,101)(H2,65,68,70)(H2,66,69,71)/t46-,47-,54-,55-,56-,57-,62-,63-,97?,98-,99-/m1/s1. The number of aliphatic hydroxyl groups excluding tert-OH is 2. The van der Waals surface area contributed by atoms with Gasteiger partial charge in [-0.15, -0.1) is 5.10 Å². The van der Waals surface area contributed by atoms with E-state index in [1.165, 1.54) is 41.1 Å². The molecule has 5 aromatic heterocycles. The SMILES string of the molecule is CP(O)(=S)OCCCCCCNC(=O)CCCCC(=O)N1Cc2ccccc2-c2c(nnn2CCOc2ccc(C(=O)Oc3ccc(CS[P@]4(=O)OC[C@H]5O[C@@H](n6cnc7c(N)ncnc76)[C@H](O[P@](=O)(S)OC[C@H]6O[C@@H](n7cnc8c(N)ncnc87)[C@H](O)[C@@H]6O4)[C@@H]5O)cc3)cc2)-c2ccccc21. The highest BCUT2D eigenvalue weighted by Crippen LogP contribution is 2.65. The van der Waals surface area contributed by atoms with Gasteiger partial charge in [0.2, 0.25) is 11.8 Å². The van der Waals surface area contributed by atoms with Gasteiger partial charge < -0.3 is 60.3 Å². The first-order valence-corrected chi connectivity index (χ1v) is 41.5. The second-order valence-corrected chi connectivity index (χ2v) is 35.2. The minimum absolute atomic E-state index is 0.0421. The number of carbonyl (C=O) groups is 3. The normalized spacial score (nSPS) is 24.0.